The molecule has 0 fully saturated rings. The van der Waals surface area contributed by atoms with Crippen molar-refractivity contribution in [2.75, 3.05) is 7.11 Å². The smallest absolute Gasteiger partial charge is 0.335 e. The SMILES string of the molecule is COc1cncc(-c2ccc(C(=O)O)cc2[N+](=O)[O-])c1. The highest BCUT2D eigenvalue weighted by atomic mass is 16.6. The van der Waals surface area contributed by atoms with Gasteiger partial charge in [0.1, 0.15) is 5.75 Å². The molecule has 0 radical (unpaired) electrons. The van der Waals surface area contributed by atoms with E-state index in [0.717, 1.165) is 6.07 Å². The van der Waals surface area contributed by atoms with Crippen molar-refractivity contribution in [3.63, 3.8) is 0 Å². The third-order valence-electron chi connectivity index (χ3n) is 2.70. The lowest BCUT2D eigenvalue weighted by Gasteiger charge is -2.06. The van der Waals surface area contributed by atoms with Gasteiger partial charge < -0.3 is 9.84 Å². The Morgan fingerprint density at radius 1 is 1.35 bits per heavy atom. The molecular weight excluding hydrogens is 264 g/mol. The number of nitro benzene ring substituents is 1. The number of hydrogen-bond donors (Lipinski definition) is 1. The van der Waals surface area contributed by atoms with Gasteiger partial charge in [-0.3, -0.25) is 15.1 Å². The number of methoxy groups -OCH3 is 1. The summed E-state index contributed by atoms with van der Waals surface area (Å²) in [5, 5.41) is 20.0. The first-order valence-electron chi connectivity index (χ1n) is 5.54. The van der Waals surface area contributed by atoms with Gasteiger partial charge in [-0.05, 0) is 18.2 Å². The minimum absolute atomic E-state index is 0.142. The van der Waals surface area contributed by atoms with Gasteiger partial charge in [0.2, 0.25) is 0 Å². The van der Waals surface area contributed by atoms with Crippen LogP contribution in [-0.2, 0) is 0 Å². The van der Waals surface area contributed by atoms with Gasteiger partial charge in [0, 0.05) is 17.8 Å². The van der Waals surface area contributed by atoms with Crippen molar-refractivity contribution in [3.8, 4) is 16.9 Å². The van der Waals surface area contributed by atoms with Crippen molar-refractivity contribution in [1.29, 1.82) is 0 Å². The predicted octanol–water partition coefficient (Wildman–Crippen LogP) is 2.36. The first-order valence-corrected chi connectivity index (χ1v) is 5.54. The maximum absolute atomic E-state index is 11.1. The van der Waals surface area contributed by atoms with Crippen molar-refractivity contribution in [1.82, 2.24) is 4.98 Å². The summed E-state index contributed by atoms with van der Waals surface area (Å²) in [4.78, 5) is 25.3. The molecule has 0 amide bonds. The molecule has 0 unspecified atom stereocenters. The maximum Gasteiger partial charge on any atom is 0.335 e. The fourth-order valence-electron chi connectivity index (χ4n) is 1.74. The Morgan fingerprint density at radius 2 is 2.10 bits per heavy atom. The molecule has 7 nitrogen and oxygen atoms in total. The van der Waals surface area contributed by atoms with Gasteiger partial charge >= 0.3 is 5.97 Å². The number of nitrogens with zero attached hydrogens (tertiary/aromatic N) is 2. The molecule has 0 saturated carbocycles. The number of benzene rings is 1. The zero-order valence-electron chi connectivity index (χ0n) is 10.4. The fourth-order valence-corrected chi connectivity index (χ4v) is 1.74. The number of aromatic nitrogens is 1. The van der Waals surface area contributed by atoms with E-state index < -0.39 is 10.9 Å². The van der Waals surface area contributed by atoms with Crippen LogP contribution in [0, 0.1) is 10.1 Å². The number of ether oxygens (including phenoxy) is 1. The second kappa shape index (κ2) is 5.35. The van der Waals surface area contributed by atoms with E-state index in [1.165, 1.54) is 31.6 Å². The average molecular weight is 274 g/mol. The highest BCUT2D eigenvalue weighted by Gasteiger charge is 2.19. The molecule has 0 aliphatic carbocycles. The minimum atomic E-state index is -1.22. The third-order valence-corrected chi connectivity index (χ3v) is 2.70. The highest BCUT2D eigenvalue weighted by Crippen LogP contribution is 2.31. The predicted molar refractivity (Wildman–Crippen MR) is 69.8 cm³/mol. The van der Waals surface area contributed by atoms with Crippen LogP contribution in [0.3, 0.4) is 0 Å². The van der Waals surface area contributed by atoms with Gasteiger partial charge in [-0.1, -0.05) is 0 Å². The summed E-state index contributed by atoms with van der Waals surface area (Å²) in [6, 6.07) is 5.31. The van der Waals surface area contributed by atoms with Crippen molar-refractivity contribution >= 4 is 11.7 Å². The molecule has 0 spiro atoms. The fraction of sp³-hybridized carbons (Fsp3) is 0.0769. The quantitative estimate of drug-likeness (QED) is 0.678. The lowest BCUT2D eigenvalue weighted by atomic mass is 10.0. The van der Waals surface area contributed by atoms with Crippen LogP contribution in [0.2, 0.25) is 0 Å². The van der Waals surface area contributed by atoms with Crippen LogP contribution in [0.1, 0.15) is 10.4 Å². The van der Waals surface area contributed by atoms with Gasteiger partial charge in [0.05, 0.1) is 29.4 Å². The summed E-state index contributed by atoms with van der Waals surface area (Å²) in [6.07, 6.45) is 2.92. The Morgan fingerprint density at radius 3 is 2.70 bits per heavy atom. The summed E-state index contributed by atoms with van der Waals surface area (Å²) in [5.74, 6) is -0.762. The molecule has 2 aromatic rings. The minimum Gasteiger partial charge on any atom is -0.495 e. The first-order chi connectivity index (χ1) is 9.52. The highest BCUT2D eigenvalue weighted by molar-refractivity contribution is 5.90. The number of hydrogen-bond acceptors (Lipinski definition) is 5. The van der Waals surface area contributed by atoms with E-state index in [1.54, 1.807) is 6.07 Å². The van der Waals surface area contributed by atoms with Crippen molar-refractivity contribution in [2.45, 2.75) is 0 Å². The second-order valence-electron chi connectivity index (χ2n) is 3.91. The molecule has 1 aromatic carbocycles. The van der Waals surface area contributed by atoms with Crippen molar-refractivity contribution in [2.24, 2.45) is 0 Å². The van der Waals surface area contributed by atoms with Crippen LogP contribution in [0.4, 0.5) is 5.69 Å². The van der Waals surface area contributed by atoms with E-state index >= 15 is 0 Å². The lowest BCUT2D eigenvalue weighted by molar-refractivity contribution is -0.384. The van der Waals surface area contributed by atoms with E-state index in [4.69, 9.17) is 9.84 Å². The number of carboxylic acid groups (broad SMARTS) is 1. The summed E-state index contributed by atoms with van der Waals surface area (Å²) in [6.45, 7) is 0. The molecule has 0 aliphatic heterocycles. The third kappa shape index (κ3) is 2.56. The van der Waals surface area contributed by atoms with Crippen molar-refractivity contribution < 1.29 is 19.6 Å². The molecule has 1 heterocycles. The Balaban J connectivity index is 2.60. The van der Waals surface area contributed by atoms with Gasteiger partial charge in [-0.2, -0.15) is 0 Å². The van der Waals surface area contributed by atoms with Gasteiger partial charge in [0.25, 0.3) is 5.69 Å². The Labute approximate surface area is 113 Å². The number of aromatic carboxylic acids is 1. The van der Waals surface area contributed by atoms with E-state index in [9.17, 15) is 14.9 Å². The molecule has 0 atom stereocenters. The standard InChI is InChI=1S/C13H10N2O5/c1-20-10-4-9(6-14-7-10)11-3-2-8(13(16)17)5-12(11)15(18)19/h2-7H,1H3,(H,16,17). The van der Waals surface area contributed by atoms with Crippen molar-refractivity contribution in [3.05, 3.63) is 52.3 Å². The summed E-state index contributed by atoms with van der Waals surface area (Å²) >= 11 is 0. The molecule has 0 bridgehead atoms. The molecule has 0 aliphatic rings. The Hall–Kier alpha value is -2.96. The van der Waals surface area contributed by atoms with Gasteiger partial charge in [-0.15, -0.1) is 0 Å². The molecule has 102 valence electrons. The molecule has 20 heavy (non-hydrogen) atoms. The average Bonchev–Trinajstić information content (AvgIpc) is 2.46. The maximum atomic E-state index is 11.1. The summed E-state index contributed by atoms with van der Waals surface area (Å²) < 4.78 is 5.01. The number of nitro groups is 1. The second-order valence-corrected chi connectivity index (χ2v) is 3.91. The van der Waals surface area contributed by atoms with Gasteiger partial charge in [-0.25, -0.2) is 4.79 Å². The molecule has 0 saturated heterocycles. The Kier molecular flexibility index (Phi) is 3.60. The van der Waals surface area contributed by atoms with Gasteiger partial charge in [0.15, 0.2) is 0 Å². The summed E-state index contributed by atoms with van der Waals surface area (Å²) in [5.41, 5.74) is 0.329. The van der Waals surface area contributed by atoms with Crippen LogP contribution in [0.15, 0.2) is 36.7 Å². The van der Waals surface area contributed by atoms with Crippen LogP contribution in [-0.4, -0.2) is 28.1 Å². The zero-order chi connectivity index (χ0) is 14.7. The topological polar surface area (TPSA) is 103 Å². The molecule has 2 rings (SSSR count). The van der Waals surface area contributed by atoms with Crippen LogP contribution >= 0.6 is 0 Å². The number of carboxylic acids is 1. The van der Waals surface area contributed by atoms with Crippen LogP contribution in [0.25, 0.3) is 11.1 Å². The largest absolute Gasteiger partial charge is 0.495 e. The molecular formula is C13H10N2O5. The Bertz CT molecular complexity index is 684. The lowest BCUT2D eigenvalue weighted by Crippen LogP contribution is -2.00. The number of pyridine rings is 1. The van der Waals surface area contributed by atoms with Crippen LogP contribution in [0.5, 0.6) is 5.75 Å². The van der Waals surface area contributed by atoms with Crippen LogP contribution < -0.4 is 4.74 Å². The molecule has 1 N–H and O–H groups in total. The van der Waals surface area contributed by atoms with E-state index in [1.807, 2.05) is 0 Å². The molecule has 7 heteroatoms. The van der Waals surface area contributed by atoms with E-state index in [2.05, 4.69) is 4.98 Å². The summed E-state index contributed by atoms with van der Waals surface area (Å²) in [7, 11) is 1.46. The first kappa shape index (κ1) is 13.5. The van der Waals surface area contributed by atoms with E-state index in [-0.39, 0.29) is 16.8 Å². The monoisotopic (exact) mass is 274 g/mol. The molecule has 1 aromatic heterocycles. The number of rotatable bonds is 4. The van der Waals surface area contributed by atoms with E-state index in [0.29, 0.717) is 11.3 Å². The normalized spacial score (nSPS) is 10.1. The number of carbonyl (C=O) groups is 1. The zero-order valence-corrected chi connectivity index (χ0v) is 10.4.